The van der Waals surface area contributed by atoms with Crippen molar-refractivity contribution in [3.63, 3.8) is 0 Å². The Balaban J connectivity index is 2.17. The number of anilines is 1. The van der Waals surface area contributed by atoms with Gasteiger partial charge < -0.3 is 5.32 Å². The fraction of sp³-hybridized carbons (Fsp3) is 0.200. The Bertz CT molecular complexity index is 508. The summed E-state index contributed by atoms with van der Waals surface area (Å²) in [4.78, 5) is 0. The fourth-order valence-electron chi connectivity index (χ4n) is 1.98. The Hall–Kier alpha value is -1.47. The summed E-state index contributed by atoms with van der Waals surface area (Å²) in [5.74, 6) is 0. The predicted molar refractivity (Wildman–Crippen MR) is 74.7 cm³/mol. The molecule has 1 nitrogen and oxygen atoms in total. The molecule has 0 bridgehead atoms. The highest BCUT2D eigenvalue weighted by atomic mass is 35.5. The molecule has 0 aliphatic rings. The van der Waals surface area contributed by atoms with Crippen LogP contribution in [0.5, 0.6) is 0 Å². The van der Waals surface area contributed by atoms with E-state index >= 15 is 0 Å². The third-order valence-corrected chi connectivity index (χ3v) is 3.10. The summed E-state index contributed by atoms with van der Waals surface area (Å²) in [5.41, 5.74) is 3.66. The molecule has 1 N–H and O–H groups in total. The third kappa shape index (κ3) is 3.01. The Morgan fingerprint density at radius 2 is 1.82 bits per heavy atom. The molecule has 2 heteroatoms. The van der Waals surface area contributed by atoms with E-state index in [9.17, 15) is 0 Å². The summed E-state index contributed by atoms with van der Waals surface area (Å²) in [5, 5.41) is 4.21. The van der Waals surface area contributed by atoms with Gasteiger partial charge in [0.15, 0.2) is 0 Å². The monoisotopic (exact) mass is 245 g/mol. The summed E-state index contributed by atoms with van der Waals surface area (Å²) in [6, 6.07) is 16.5. The van der Waals surface area contributed by atoms with Crippen molar-refractivity contribution in [3.8, 4) is 0 Å². The number of nitrogens with one attached hydrogen (secondary N) is 1. The second-order valence-corrected chi connectivity index (χ2v) is 4.67. The quantitative estimate of drug-likeness (QED) is 0.817. The summed E-state index contributed by atoms with van der Waals surface area (Å²) in [6.45, 7) is 4.29. The number of hydrogen-bond donors (Lipinski definition) is 1. The van der Waals surface area contributed by atoms with Gasteiger partial charge in [-0.25, -0.2) is 0 Å². The minimum Gasteiger partial charge on any atom is -0.378 e. The van der Waals surface area contributed by atoms with Gasteiger partial charge in [-0.05, 0) is 43.2 Å². The van der Waals surface area contributed by atoms with E-state index in [2.05, 4.69) is 43.4 Å². The molecule has 0 aliphatic carbocycles. The summed E-state index contributed by atoms with van der Waals surface area (Å²) < 4.78 is 0. The average Bonchev–Trinajstić information content (AvgIpc) is 2.29. The Labute approximate surface area is 107 Å². The highest BCUT2D eigenvalue weighted by Gasteiger charge is 2.07. The number of aryl methyl sites for hydroxylation is 1. The van der Waals surface area contributed by atoms with Crippen molar-refractivity contribution < 1.29 is 0 Å². The molecule has 1 unspecified atom stereocenters. The maximum atomic E-state index is 5.97. The van der Waals surface area contributed by atoms with Gasteiger partial charge in [0.2, 0.25) is 0 Å². The number of rotatable bonds is 3. The molecule has 0 aliphatic heterocycles. The van der Waals surface area contributed by atoms with E-state index in [0.29, 0.717) is 0 Å². The van der Waals surface area contributed by atoms with Crippen molar-refractivity contribution in [3.05, 3.63) is 64.7 Å². The first-order chi connectivity index (χ1) is 8.16. The molecule has 0 saturated heterocycles. The van der Waals surface area contributed by atoms with Crippen LogP contribution in [0, 0.1) is 6.92 Å². The van der Waals surface area contributed by atoms with Crippen LogP contribution in [-0.4, -0.2) is 0 Å². The maximum absolute atomic E-state index is 5.97. The van der Waals surface area contributed by atoms with Crippen LogP contribution in [0.1, 0.15) is 24.1 Å². The minimum atomic E-state index is 0.273. The van der Waals surface area contributed by atoms with E-state index < -0.39 is 0 Å². The molecule has 0 spiro atoms. The SMILES string of the molecule is Cc1ccccc1C(C)Nc1cccc(Cl)c1. The van der Waals surface area contributed by atoms with Crippen molar-refractivity contribution in [2.24, 2.45) is 0 Å². The maximum Gasteiger partial charge on any atom is 0.0488 e. The molecule has 0 aromatic heterocycles. The van der Waals surface area contributed by atoms with Gasteiger partial charge in [-0.1, -0.05) is 41.9 Å². The van der Waals surface area contributed by atoms with E-state index in [4.69, 9.17) is 11.6 Å². The van der Waals surface area contributed by atoms with Gasteiger partial charge in [-0.3, -0.25) is 0 Å². The van der Waals surface area contributed by atoms with Gasteiger partial charge >= 0.3 is 0 Å². The van der Waals surface area contributed by atoms with Crippen LogP contribution in [0.2, 0.25) is 5.02 Å². The van der Waals surface area contributed by atoms with Crippen LogP contribution in [0.15, 0.2) is 48.5 Å². The van der Waals surface area contributed by atoms with Crippen LogP contribution < -0.4 is 5.32 Å². The first-order valence-electron chi connectivity index (χ1n) is 5.74. The molecule has 0 amide bonds. The second-order valence-electron chi connectivity index (χ2n) is 4.23. The Morgan fingerprint density at radius 1 is 1.06 bits per heavy atom. The zero-order chi connectivity index (χ0) is 12.3. The van der Waals surface area contributed by atoms with E-state index in [1.54, 1.807) is 0 Å². The smallest absolute Gasteiger partial charge is 0.0488 e. The van der Waals surface area contributed by atoms with E-state index in [-0.39, 0.29) is 6.04 Å². The molecule has 17 heavy (non-hydrogen) atoms. The van der Waals surface area contributed by atoms with Crippen LogP contribution in [-0.2, 0) is 0 Å². The highest BCUT2D eigenvalue weighted by Crippen LogP contribution is 2.23. The van der Waals surface area contributed by atoms with Crippen molar-refractivity contribution in [2.75, 3.05) is 5.32 Å². The number of halogens is 1. The normalized spacial score (nSPS) is 12.2. The third-order valence-electron chi connectivity index (χ3n) is 2.86. The van der Waals surface area contributed by atoms with Crippen LogP contribution >= 0.6 is 11.6 Å². The van der Waals surface area contributed by atoms with Crippen LogP contribution in [0.3, 0.4) is 0 Å². The van der Waals surface area contributed by atoms with Crippen molar-refractivity contribution in [2.45, 2.75) is 19.9 Å². The highest BCUT2D eigenvalue weighted by molar-refractivity contribution is 6.30. The molecule has 0 heterocycles. The van der Waals surface area contributed by atoms with Gasteiger partial charge in [0.05, 0.1) is 0 Å². The molecule has 2 aromatic rings. The second kappa shape index (κ2) is 5.24. The largest absolute Gasteiger partial charge is 0.378 e. The molecule has 1 atom stereocenters. The lowest BCUT2D eigenvalue weighted by atomic mass is 10.0. The molecule has 0 radical (unpaired) electrons. The average molecular weight is 246 g/mol. The predicted octanol–water partition coefficient (Wildman–Crippen LogP) is 4.82. The molecule has 2 aromatic carbocycles. The molecule has 0 fully saturated rings. The van der Waals surface area contributed by atoms with E-state index in [1.807, 2.05) is 24.3 Å². The van der Waals surface area contributed by atoms with Crippen molar-refractivity contribution in [1.29, 1.82) is 0 Å². The van der Waals surface area contributed by atoms with Crippen LogP contribution in [0.4, 0.5) is 5.69 Å². The van der Waals surface area contributed by atoms with Gasteiger partial charge in [0.1, 0.15) is 0 Å². The van der Waals surface area contributed by atoms with Gasteiger partial charge in [0, 0.05) is 16.8 Å². The summed E-state index contributed by atoms with van der Waals surface area (Å²) in [6.07, 6.45) is 0. The molecule has 88 valence electrons. The number of hydrogen-bond acceptors (Lipinski definition) is 1. The zero-order valence-electron chi connectivity index (χ0n) is 10.1. The lowest BCUT2D eigenvalue weighted by molar-refractivity contribution is 0.874. The zero-order valence-corrected chi connectivity index (χ0v) is 10.8. The Kier molecular flexibility index (Phi) is 3.70. The first kappa shape index (κ1) is 12.0. The lowest BCUT2D eigenvalue weighted by Crippen LogP contribution is -2.07. The van der Waals surface area contributed by atoms with E-state index in [1.165, 1.54) is 11.1 Å². The van der Waals surface area contributed by atoms with Gasteiger partial charge in [-0.15, -0.1) is 0 Å². The number of benzene rings is 2. The fourth-order valence-corrected chi connectivity index (χ4v) is 2.17. The van der Waals surface area contributed by atoms with Crippen molar-refractivity contribution in [1.82, 2.24) is 0 Å². The first-order valence-corrected chi connectivity index (χ1v) is 6.12. The lowest BCUT2D eigenvalue weighted by Gasteiger charge is -2.17. The standard InChI is InChI=1S/C15H16ClN/c1-11-6-3-4-9-15(11)12(2)17-14-8-5-7-13(16)10-14/h3-10,12,17H,1-2H3. The van der Waals surface area contributed by atoms with Gasteiger partial charge in [-0.2, -0.15) is 0 Å². The summed E-state index contributed by atoms with van der Waals surface area (Å²) in [7, 11) is 0. The van der Waals surface area contributed by atoms with Crippen LogP contribution in [0.25, 0.3) is 0 Å². The topological polar surface area (TPSA) is 12.0 Å². The van der Waals surface area contributed by atoms with E-state index in [0.717, 1.165) is 10.7 Å². The minimum absolute atomic E-state index is 0.273. The summed E-state index contributed by atoms with van der Waals surface area (Å²) >= 11 is 5.97. The Morgan fingerprint density at radius 3 is 2.53 bits per heavy atom. The molecule has 2 rings (SSSR count). The van der Waals surface area contributed by atoms with Crippen molar-refractivity contribution >= 4 is 17.3 Å². The molecular formula is C15H16ClN. The van der Waals surface area contributed by atoms with Gasteiger partial charge in [0.25, 0.3) is 0 Å². The molecule has 0 saturated carbocycles. The molecular weight excluding hydrogens is 230 g/mol.